The van der Waals surface area contributed by atoms with Crippen LogP contribution in [0.25, 0.3) is 11.0 Å². The van der Waals surface area contributed by atoms with Crippen LogP contribution >= 0.6 is 0 Å². The van der Waals surface area contributed by atoms with Gasteiger partial charge in [0.2, 0.25) is 17.8 Å². The van der Waals surface area contributed by atoms with Crippen molar-refractivity contribution in [3.05, 3.63) is 42.6 Å². The fourth-order valence-corrected chi connectivity index (χ4v) is 4.47. The van der Waals surface area contributed by atoms with Crippen molar-refractivity contribution in [2.24, 2.45) is 7.05 Å². The number of rotatable bonds is 4. The van der Waals surface area contributed by atoms with E-state index < -0.39 is 0 Å². The van der Waals surface area contributed by atoms with E-state index in [9.17, 15) is 4.79 Å². The maximum atomic E-state index is 11.4. The number of nitriles is 1. The minimum atomic E-state index is -0.207. The molecule has 202 valence electrons. The lowest BCUT2D eigenvalue weighted by atomic mass is 10.1. The van der Waals surface area contributed by atoms with Gasteiger partial charge in [-0.2, -0.15) is 10.2 Å². The number of benzene rings is 1. The van der Waals surface area contributed by atoms with E-state index in [2.05, 4.69) is 47.6 Å². The number of aryl methyl sites for hydroxylation is 1. The molecule has 0 atom stereocenters. The molecule has 1 amide bonds. The summed E-state index contributed by atoms with van der Waals surface area (Å²) in [5.74, 6) is 1.71. The number of anilines is 4. The van der Waals surface area contributed by atoms with E-state index in [0.29, 0.717) is 11.4 Å². The average Bonchev–Trinajstić information content (AvgIpc) is 3.58. The second-order valence-electron chi connectivity index (χ2n) is 9.19. The summed E-state index contributed by atoms with van der Waals surface area (Å²) in [6, 6.07) is 7.87. The SMILES string of the molecule is C=CC(=O)Nc1ccc2c(c1)nc(N1CCCCC1)n2C.CNC.N#Cc1cnc(N)nc1N1CCCC1. The highest BCUT2D eigenvalue weighted by molar-refractivity contribution is 6.00. The van der Waals surface area contributed by atoms with Crippen LogP contribution in [0.3, 0.4) is 0 Å². The molecule has 2 aliphatic rings. The molecule has 1 aromatic carbocycles. The van der Waals surface area contributed by atoms with Gasteiger partial charge in [-0.15, -0.1) is 0 Å². The van der Waals surface area contributed by atoms with Crippen LogP contribution in [0.4, 0.5) is 23.4 Å². The van der Waals surface area contributed by atoms with Gasteiger partial charge in [-0.25, -0.2) is 9.97 Å². The zero-order valence-electron chi connectivity index (χ0n) is 22.6. The summed E-state index contributed by atoms with van der Waals surface area (Å²) in [5.41, 5.74) is 8.72. The molecule has 0 aliphatic carbocycles. The van der Waals surface area contributed by atoms with E-state index in [1.807, 2.05) is 39.3 Å². The molecule has 5 rings (SSSR count). The number of fused-ring (bicyclic) bond motifs is 1. The number of carbonyl (C=O) groups excluding carboxylic acids is 1. The molecule has 2 saturated heterocycles. The molecule has 0 spiro atoms. The van der Waals surface area contributed by atoms with Gasteiger partial charge in [0.15, 0.2) is 5.82 Å². The van der Waals surface area contributed by atoms with Crippen molar-refractivity contribution in [2.45, 2.75) is 32.1 Å². The first-order valence-corrected chi connectivity index (χ1v) is 12.9. The predicted octanol–water partition coefficient (Wildman–Crippen LogP) is 3.05. The molecule has 0 saturated carbocycles. The van der Waals surface area contributed by atoms with Crippen LogP contribution in [0.2, 0.25) is 0 Å². The summed E-state index contributed by atoms with van der Waals surface area (Å²) in [7, 11) is 5.79. The van der Waals surface area contributed by atoms with E-state index in [4.69, 9.17) is 16.0 Å². The lowest BCUT2D eigenvalue weighted by molar-refractivity contribution is -0.111. The molecular formula is C27H38N10O. The molecule has 11 heteroatoms. The number of piperidine rings is 1. The normalized spacial score (nSPS) is 14.6. The average molecular weight is 519 g/mol. The van der Waals surface area contributed by atoms with Crippen molar-refractivity contribution < 1.29 is 4.79 Å². The highest BCUT2D eigenvalue weighted by Crippen LogP contribution is 2.26. The highest BCUT2D eigenvalue weighted by atomic mass is 16.1. The zero-order chi connectivity index (χ0) is 27.5. The first-order chi connectivity index (χ1) is 18.4. The molecule has 2 aliphatic heterocycles. The summed E-state index contributed by atoms with van der Waals surface area (Å²) in [6.07, 6.45) is 8.80. The van der Waals surface area contributed by atoms with Crippen molar-refractivity contribution in [1.29, 1.82) is 5.26 Å². The standard InChI is InChI=1S/C16H20N4O.C9H11N5.C2H7N/c1-3-15(21)17-12-7-8-14-13(11-12)18-16(19(14)2)20-9-5-4-6-10-20;10-5-7-6-12-9(11)13-8(7)14-3-1-2-4-14;1-3-2/h3,7-8,11H,1,4-6,9-10H2,2H3,(H,17,21);6H,1-4H2,(H2,11,12,13);3H,1-2H3. The number of hydrogen-bond acceptors (Lipinski definition) is 9. The highest BCUT2D eigenvalue weighted by Gasteiger charge is 2.18. The molecule has 0 radical (unpaired) electrons. The lowest BCUT2D eigenvalue weighted by Crippen LogP contribution is -2.31. The number of imidazole rings is 1. The Labute approximate surface area is 224 Å². The third-order valence-electron chi connectivity index (χ3n) is 6.26. The van der Waals surface area contributed by atoms with Crippen LogP contribution in [0.1, 0.15) is 37.7 Å². The number of hydrogen-bond donors (Lipinski definition) is 3. The van der Waals surface area contributed by atoms with E-state index in [-0.39, 0.29) is 11.9 Å². The van der Waals surface area contributed by atoms with Crippen molar-refractivity contribution in [2.75, 3.05) is 61.1 Å². The van der Waals surface area contributed by atoms with Gasteiger partial charge in [-0.1, -0.05) is 6.58 Å². The quantitative estimate of drug-likeness (QED) is 0.444. The lowest BCUT2D eigenvalue weighted by Gasteiger charge is -2.27. The summed E-state index contributed by atoms with van der Waals surface area (Å²) in [6.45, 7) is 7.49. The van der Waals surface area contributed by atoms with Crippen LogP contribution in [-0.4, -0.2) is 65.7 Å². The number of nitrogens with two attached hydrogens (primary N) is 1. The Balaban J connectivity index is 0.000000204. The molecule has 0 bridgehead atoms. The van der Waals surface area contributed by atoms with Crippen molar-refractivity contribution in [1.82, 2.24) is 24.8 Å². The number of aromatic nitrogens is 4. The monoisotopic (exact) mass is 518 g/mol. The minimum Gasteiger partial charge on any atom is -0.368 e. The van der Waals surface area contributed by atoms with Gasteiger partial charge in [-0.3, -0.25) is 4.79 Å². The molecule has 0 unspecified atom stereocenters. The van der Waals surface area contributed by atoms with Crippen LogP contribution in [0.15, 0.2) is 37.1 Å². The zero-order valence-corrected chi connectivity index (χ0v) is 22.6. The summed E-state index contributed by atoms with van der Waals surface area (Å²) in [5, 5.41) is 14.4. The summed E-state index contributed by atoms with van der Waals surface area (Å²) in [4.78, 5) is 28.4. The third kappa shape index (κ3) is 7.20. The molecule has 4 heterocycles. The number of nitrogen functional groups attached to an aromatic ring is 1. The molecule has 3 aromatic rings. The maximum absolute atomic E-state index is 11.4. The number of nitrogens with one attached hydrogen (secondary N) is 2. The Morgan fingerprint density at radius 2 is 1.71 bits per heavy atom. The second-order valence-corrected chi connectivity index (χ2v) is 9.19. The van der Waals surface area contributed by atoms with E-state index >= 15 is 0 Å². The molecular weight excluding hydrogens is 480 g/mol. The molecule has 2 aromatic heterocycles. The first-order valence-electron chi connectivity index (χ1n) is 12.9. The van der Waals surface area contributed by atoms with Crippen LogP contribution in [0.5, 0.6) is 0 Å². The van der Waals surface area contributed by atoms with E-state index in [0.717, 1.165) is 61.7 Å². The Hall–Kier alpha value is -4.17. The summed E-state index contributed by atoms with van der Waals surface area (Å²) >= 11 is 0. The first kappa shape index (κ1) is 28.4. The molecule has 11 nitrogen and oxygen atoms in total. The largest absolute Gasteiger partial charge is 0.368 e. The topological polar surface area (TPSA) is 141 Å². The molecule has 2 fully saturated rings. The number of carbonyl (C=O) groups is 1. The van der Waals surface area contributed by atoms with Crippen molar-refractivity contribution >= 4 is 40.3 Å². The van der Waals surface area contributed by atoms with E-state index in [1.165, 1.54) is 31.5 Å². The molecule has 4 N–H and O–H groups in total. The van der Waals surface area contributed by atoms with Gasteiger partial charge in [0.1, 0.15) is 11.6 Å². The van der Waals surface area contributed by atoms with Crippen LogP contribution < -0.4 is 26.2 Å². The third-order valence-corrected chi connectivity index (χ3v) is 6.26. The van der Waals surface area contributed by atoms with Gasteiger partial charge in [0, 0.05) is 38.9 Å². The van der Waals surface area contributed by atoms with Crippen molar-refractivity contribution in [3.8, 4) is 6.07 Å². The van der Waals surface area contributed by atoms with Gasteiger partial charge in [0.05, 0.1) is 17.2 Å². The smallest absolute Gasteiger partial charge is 0.247 e. The van der Waals surface area contributed by atoms with Gasteiger partial charge >= 0.3 is 0 Å². The second kappa shape index (κ2) is 13.9. The Bertz CT molecular complexity index is 1270. The van der Waals surface area contributed by atoms with Crippen LogP contribution in [-0.2, 0) is 11.8 Å². The summed E-state index contributed by atoms with van der Waals surface area (Å²) < 4.78 is 2.12. The van der Waals surface area contributed by atoms with Gasteiger partial charge in [0.25, 0.3) is 0 Å². The Morgan fingerprint density at radius 1 is 1.08 bits per heavy atom. The number of amides is 1. The van der Waals surface area contributed by atoms with Gasteiger partial charge in [-0.05, 0) is 70.5 Å². The van der Waals surface area contributed by atoms with E-state index in [1.54, 1.807) is 0 Å². The fraction of sp³-hybridized carbons (Fsp3) is 0.444. The fourth-order valence-electron chi connectivity index (χ4n) is 4.47. The van der Waals surface area contributed by atoms with Crippen LogP contribution in [0, 0.1) is 11.3 Å². The van der Waals surface area contributed by atoms with Crippen molar-refractivity contribution in [3.63, 3.8) is 0 Å². The molecule has 38 heavy (non-hydrogen) atoms. The Kier molecular flexibility index (Phi) is 10.4. The maximum Gasteiger partial charge on any atom is 0.247 e. The predicted molar refractivity (Wildman–Crippen MR) is 153 cm³/mol. The number of nitrogens with zero attached hydrogens (tertiary/aromatic N) is 7. The minimum absolute atomic E-state index is 0.207. The Morgan fingerprint density at radius 3 is 2.34 bits per heavy atom. The van der Waals surface area contributed by atoms with Gasteiger partial charge < -0.3 is 30.7 Å².